The molecule has 0 aliphatic carbocycles. The van der Waals surface area contributed by atoms with Gasteiger partial charge in [0.25, 0.3) is 0 Å². The number of aliphatic carboxylic acids is 1. The second kappa shape index (κ2) is 30.4. The van der Waals surface area contributed by atoms with E-state index in [2.05, 4.69) is 0 Å². The first-order valence-corrected chi connectivity index (χ1v) is 28.8. The zero-order valence-electron chi connectivity index (χ0n) is 49.3. The third-order valence-electron chi connectivity index (χ3n) is 15.4. The van der Waals surface area contributed by atoms with Gasteiger partial charge in [0, 0.05) is 29.8 Å². The third kappa shape index (κ3) is 16.3. The van der Waals surface area contributed by atoms with E-state index < -0.39 is 232 Å². The molecule has 0 amide bonds. The molecule has 9 rings (SSSR count). The fourth-order valence-corrected chi connectivity index (χ4v) is 10.1. The van der Waals surface area contributed by atoms with Gasteiger partial charge in [-0.15, -0.1) is 0 Å². The highest BCUT2D eigenvalue weighted by Crippen LogP contribution is 2.48. The highest BCUT2D eigenvalue weighted by molar-refractivity contribution is 5.90. The van der Waals surface area contributed by atoms with Gasteiger partial charge >= 0.3 is 23.9 Å². The van der Waals surface area contributed by atoms with Gasteiger partial charge in [-0.1, -0.05) is 12.1 Å². The SMILES string of the molecule is O=C(O)CC(=O)OC[C@H]1O[C@@H](Oc2cc(O)cc3c2C=C(O[C@@H]2O[C@H](COC(=O)/C=C/c4ccc(O[C@@H]5O[C@H](COC(=O)/C=C/c6ccc(O[C@@H]7O[C@H](CO)[C@@H](O)[C@H](O)[C@H]7O)c(O)c6)[C@@H](O)[C@H](O)[C@H]5O)c(O)c4)[C@@H](O)[C@H](O)[C@H]2O)C(c2cc(O)c(O)c(O)c2)O3)[C@H](O)[C@@H](O)[C@@H]1O. The Morgan fingerprint density at radius 1 is 0.448 bits per heavy atom. The minimum Gasteiger partial charge on any atom is -0.508 e. The lowest BCUT2D eigenvalue weighted by Crippen LogP contribution is -2.60. The number of hydrogen-bond donors (Lipinski definition) is 20. The molecular formula is C60H66O36. The molecule has 0 saturated carbocycles. The van der Waals surface area contributed by atoms with Crippen LogP contribution in [-0.2, 0) is 57.1 Å². The number of fused-ring (bicyclic) bond motifs is 1. The summed E-state index contributed by atoms with van der Waals surface area (Å²) >= 11 is 0. The standard InChI is InChI=1S/C60H66O36/c61-17-35-44(73)48(77)52(81)57(93-35)89-30-5-1-21(9-26(30)63)3-7-40(69)85-18-36-45(74)49(78)53(82)58(94-36)90-31-6-2-22(10-27(31)64)4-8-41(70)86-19-37-46(75)51(80)55(84)60(96-37)92-34-15-25-32(88-56(34)23-11-28(65)43(72)29(66)12-23)13-24(62)14-33(25)91-59-54(83)50(79)47(76)38(95-59)20-87-42(71)16-39(67)68/h1-15,35-38,44-66,72-84H,16-20H2,(H,67,68)/b7-3+,8-4+/t35-,36-,37-,38-,44-,45-,46-,47-,48+,49+,50+,51+,52-,53-,54-,55-,56?,57-,58-,59-,60-/m1/s1. The summed E-state index contributed by atoms with van der Waals surface area (Å²) in [4.78, 5) is 48.7. The number of rotatable bonds is 22. The van der Waals surface area contributed by atoms with Gasteiger partial charge in [0.1, 0.15) is 147 Å². The van der Waals surface area contributed by atoms with Gasteiger partial charge in [0.2, 0.25) is 25.2 Å². The van der Waals surface area contributed by atoms with Crippen molar-refractivity contribution < 1.29 is 178 Å². The maximum absolute atomic E-state index is 13.1. The van der Waals surface area contributed by atoms with E-state index in [0.29, 0.717) is 0 Å². The lowest BCUT2D eigenvalue weighted by Gasteiger charge is -2.41. The zero-order chi connectivity index (χ0) is 69.7. The number of ether oxygens (including phenoxy) is 12. The zero-order valence-corrected chi connectivity index (χ0v) is 49.3. The van der Waals surface area contributed by atoms with Crippen molar-refractivity contribution in [1.82, 2.24) is 0 Å². The van der Waals surface area contributed by atoms with E-state index in [1.807, 2.05) is 0 Å². The van der Waals surface area contributed by atoms with Crippen LogP contribution in [0, 0.1) is 0 Å². The molecule has 20 N–H and O–H groups in total. The second-order valence-electron chi connectivity index (χ2n) is 22.2. The van der Waals surface area contributed by atoms with Crippen LogP contribution in [0.3, 0.4) is 0 Å². The summed E-state index contributed by atoms with van der Waals surface area (Å²) in [6.45, 7) is -3.14. The first kappa shape index (κ1) is 71.4. The Morgan fingerprint density at radius 2 is 0.854 bits per heavy atom. The molecule has 21 atom stereocenters. The molecule has 4 saturated heterocycles. The number of carboxylic acids is 1. The van der Waals surface area contributed by atoms with Gasteiger partial charge in [-0.2, -0.15) is 0 Å². The number of carbonyl (C=O) groups excluding carboxylic acids is 3. The van der Waals surface area contributed by atoms with E-state index >= 15 is 0 Å². The molecule has 4 aromatic rings. The minimum absolute atomic E-state index is 0.113. The van der Waals surface area contributed by atoms with Crippen molar-refractivity contribution >= 4 is 42.1 Å². The average Bonchev–Trinajstić information content (AvgIpc) is 0.763. The predicted molar refractivity (Wildman–Crippen MR) is 307 cm³/mol. The van der Waals surface area contributed by atoms with E-state index in [4.69, 9.17) is 61.9 Å². The van der Waals surface area contributed by atoms with Crippen molar-refractivity contribution in [3.8, 4) is 57.5 Å². The van der Waals surface area contributed by atoms with Crippen molar-refractivity contribution in [2.75, 3.05) is 26.4 Å². The summed E-state index contributed by atoms with van der Waals surface area (Å²) in [5.41, 5.74) is -0.0572. The normalized spacial score (nSPS) is 32.1. The number of esters is 3. The van der Waals surface area contributed by atoms with Crippen LogP contribution in [-0.4, -0.2) is 275 Å². The number of phenolic OH excluding ortho intramolecular Hbond substituents is 6. The molecule has 4 fully saturated rings. The van der Waals surface area contributed by atoms with Crippen molar-refractivity contribution in [3.63, 3.8) is 0 Å². The van der Waals surface area contributed by atoms with Crippen LogP contribution in [0.5, 0.6) is 57.5 Å². The highest BCUT2D eigenvalue weighted by Gasteiger charge is 2.50. The first-order valence-electron chi connectivity index (χ1n) is 28.8. The molecular weight excluding hydrogens is 1300 g/mol. The van der Waals surface area contributed by atoms with E-state index in [0.717, 1.165) is 66.8 Å². The van der Waals surface area contributed by atoms with Gasteiger partial charge in [0.05, 0.1) is 12.2 Å². The number of carboxylic acid groups (broad SMARTS) is 1. The number of aliphatic hydroxyl groups is 13. The van der Waals surface area contributed by atoms with Crippen LogP contribution < -0.4 is 18.9 Å². The van der Waals surface area contributed by atoms with Crippen LogP contribution >= 0.6 is 0 Å². The van der Waals surface area contributed by atoms with E-state index in [9.17, 15) is 116 Å². The van der Waals surface area contributed by atoms with Crippen LogP contribution in [0.25, 0.3) is 18.2 Å². The highest BCUT2D eigenvalue weighted by atomic mass is 16.7. The van der Waals surface area contributed by atoms with Gasteiger partial charge in [-0.25, -0.2) is 9.59 Å². The van der Waals surface area contributed by atoms with Gasteiger partial charge in [0.15, 0.2) is 46.4 Å². The number of benzene rings is 4. The maximum atomic E-state index is 13.1. The van der Waals surface area contributed by atoms with Gasteiger partial charge < -0.3 is 159 Å². The molecule has 36 heteroatoms. The van der Waals surface area contributed by atoms with E-state index in [-0.39, 0.29) is 39.5 Å². The largest absolute Gasteiger partial charge is 0.508 e. The molecule has 522 valence electrons. The Kier molecular flexibility index (Phi) is 22.6. The lowest BCUT2D eigenvalue weighted by atomic mass is 9.98. The summed E-state index contributed by atoms with van der Waals surface area (Å²) < 4.78 is 66.6. The molecule has 5 aliphatic heterocycles. The van der Waals surface area contributed by atoms with Crippen LogP contribution in [0.4, 0.5) is 0 Å². The molecule has 36 nitrogen and oxygen atoms in total. The van der Waals surface area contributed by atoms with E-state index in [1.54, 1.807) is 0 Å². The summed E-state index contributed by atoms with van der Waals surface area (Å²) in [5, 5.41) is 209. The van der Waals surface area contributed by atoms with Crippen LogP contribution in [0.2, 0.25) is 0 Å². The number of carbonyl (C=O) groups is 4. The first-order chi connectivity index (χ1) is 45.5. The Balaban J connectivity index is 0.814. The summed E-state index contributed by atoms with van der Waals surface area (Å²) in [5.74, 6) is -11.1. The Hall–Kier alpha value is -8.90. The number of phenols is 6. The fourth-order valence-electron chi connectivity index (χ4n) is 10.1. The second-order valence-corrected chi connectivity index (χ2v) is 22.2. The molecule has 96 heavy (non-hydrogen) atoms. The fraction of sp³-hybridized carbons (Fsp3) is 0.433. The third-order valence-corrected chi connectivity index (χ3v) is 15.4. The molecule has 0 spiro atoms. The lowest BCUT2D eigenvalue weighted by molar-refractivity contribution is -0.294. The van der Waals surface area contributed by atoms with Crippen LogP contribution in [0.15, 0.2) is 78.6 Å². The van der Waals surface area contributed by atoms with E-state index in [1.165, 1.54) is 24.3 Å². The molecule has 1 unspecified atom stereocenters. The maximum Gasteiger partial charge on any atom is 0.330 e. The quantitative estimate of drug-likeness (QED) is 0.0116. The molecule has 4 aromatic carbocycles. The molecule has 5 heterocycles. The number of aromatic hydroxyl groups is 6. The van der Waals surface area contributed by atoms with Crippen molar-refractivity contribution in [3.05, 3.63) is 101 Å². The average molecular weight is 1360 g/mol. The topological polar surface area (TPSA) is 584 Å². The Labute approximate surface area is 539 Å². The van der Waals surface area contributed by atoms with Crippen molar-refractivity contribution in [2.24, 2.45) is 0 Å². The summed E-state index contributed by atoms with van der Waals surface area (Å²) in [7, 11) is 0. The monoisotopic (exact) mass is 1360 g/mol. The van der Waals surface area contributed by atoms with Gasteiger partial charge in [-0.3, -0.25) is 9.59 Å². The summed E-state index contributed by atoms with van der Waals surface area (Å²) in [6.07, 6.45) is -34.2. The number of hydrogen-bond acceptors (Lipinski definition) is 35. The number of aliphatic hydroxyl groups excluding tert-OH is 13. The molecule has 0 aromatic heterocycles. The van der Waals surface area contributed by atoms with Crippen molar-refractivity contribution in [2.45, 2.75) is 135 Å². The minimum atomic E-state index is -2.13. The van der Waals surface area contributed by atoms with Crippen LogP contribution in [0.1, 0.15) is 34.8 Å². The Bertz CT molecular complexity index is 3510. The molecule has 0 bridgehead atoms. The summed E-state index contributed by atoms with van der Waals surface area (Å²) in [6, 6.07) is 11.0. The smallest absolute Gasteiger partial charge is 0.330 e. The predicted octanol–water partition coefficient (Wildman–Crippen LogP) is -4.70. The Morgan fingerprint density at radius 3 is 1.28 bits per heavy atom. The molecule has 5 aliphatic rings. The van der Waals surface area contributed by atoms with Crippen molar-refractivity contribution in [1.29, 1.82) is 0 Å². The molecule has 0 radical (unpaired) electrons. The van der Waals surface area contributed by atoms with Gasteiger partial charge in [-0.05, 0) is 65.8 Å².